The maximum Gasteiger partial charge on any atom is 0.291 e. The Morgan fingerprint density at radius 2 is 1.85 bits per heavy atom. The summed E-state index contributed by atoms with van der Waals surface area (Å²) in [7, 11) is 0. The SMILES string of the molecule is N#Cc1ccc(/C=C2\Oc3ccccc3NC2=O)cc1. The van der Waals surface area contributed by atoms with Gasteiger partial charge in [0.05, 0.1) is 17.3 Å². The second-order valence-corrected chi connectivity index (χ2v) is 4.29. The molecule has 0 radical (unpaired) electrons. The average molecular weight is 262 g/mol. The maximum atomic E-state index is 11.9. The van der Waals surface area contributed by atoms with Crippen LogP contribution in [0.5, 0.6) is 5.75 Å². The number of para-hydroxylation sites is 2. The molecular formula is C16H10N2O2. The molecule has 0 saturated carbocycles. The first kappa shape index (κ1) is 12.0. The topological polar surface area (TPSA) is 62.1 Å². The summed E-state index contributed by atoms with van der Waals surface area (Å²) in [4.78, 5) is 11.9. The highest BCUT2D eigenvalue weighted by Gasteiger charge is 2.21. The van der Waals surface area contributed by atoms with Crippen LogP contribution in [0.15, 0.2) is 54.3 Å². The van der Waals surface area contributed by atoms with Crippen molar-refractivity contribution >= 4 is 17.7 Å². The van der Waals surface area contributed by atoms with Crippen LogP contribution in [0.3, 0.4) is 0 Å². The van der Waals surface area contributed by atoms with E-state index in [0.29, 0.717) is 17.0 Å². The molecule has 1 amide bonds. The highest BCUT2D eigenvalue weighted by molar-refractivity contribution is 6.08. The van der Waals surface area contributed by atoms with Crippen molar-refractivity contribution < 1.29 is 9.53 Å². The zero-order valence-electron chi connectivity index (χ0n) is 10.5. The number of fused-ring (bicyclic) bond motifs is 1. The van der Waals surface area contributed by atoms with Crippen LogP contribution < -0.4 is 10.1 Å². The van der Waals surface area contributed by atoms with Crippen molar-refractivity contribution in [1.82, 2.24) is 0 Å². The number of carbonyl (C=O) groups excluding carboxylic acids is 1. The normalized spacial score (nSPS) is 14.9. The molecule has 3 rings (SSSR count). The summed E-state index contributed by atoms with van der Waals surface area (Å²) in [6.07, 6.45) is 1.65. The fourth-order valence-electron chi connectivity index (χ4n) is 1.91. The van der Waals surface area contributed by atoms with Gasteiger partial charge in [-0.15, -0.1) is 0 Å². The molecule has 4 nitrogen and oxygen atoms in total. The van der Waals surface area contributed by atoms with Crippen molar-refractivity contribution in [3.05, 3.63) is 65.4 Å². The number of nitriles is 1. The van der Waals surface area contributed by atoms with Gasteiger partial charge in [-0.05, 0) is 35.9 Å². The number of ether oxygens (including phenoxy) is 1. The maximum absolute atomic E-state index is 11.9. The summed E-state index contributed by atoms with van der Waals surface area (Å²) in [5.74, 6) is 0.563. The van der Waals surface area contributed by atoms with Crippen molar-refractivity contribution in [2.45, 2.75) is 0 Å². The number of nitrogens with zero attached hydrogens (tertiary/aromatic N) is 1. The van der Waals surface area contributed by atoms with Gasteiger partial charge in [-0.3, -0.25) is 4.79 Å². The van der Waals surface area contributed by atoms with E-state index < -0.39 is 0 Å². The first-order valence-electron chi connectivity index (χ1n) is 6.06. The molecule has 1 heterocycles. The zero-order chi connectivity index (χ0) is 13.9. The van der Waals surface area contributed by atoms with Crippen molar-refractivity contribution in [3.8, 4) is 11.8 Å². The molecule has 1 aliphatic rings. The monoisotopic (exact) mass is 262 g/mol. The molecule has 1 aliphatic heterocycles. The molecule has 0 spiro atoms. The van der Waals surface area contributed by atoms with E-state index in [1.54, 1.807) is 42.5 Å². The van der Waals surface area contributed by atoms with E-state index in [0.717, 1.165) is 5.56 Å². The third-order valence-corrected chi connectivity index (χ3v) is 2.92. The molecule has 2 aromatic rings. The minimum absolute atomic E-state index is 0.230. The Balaban J connectivity index is 1.92. The molecule has 0 saturated heterocycles. The number of benzene rings is 2. The minimum Gasteiger partial charge on any atom is -0.449 e. The number of hydrogen-bond donors (Lipinski definition) is 1. The first-order valence-corrected chi connectivity index (χ1v) is 6.06. The number of anilines is 1. The summed E-state index contributed by atoms with van der Waals surface area (Å²) in [5.41, 5.74) is 2.04. The number of nitrogens with one attached hydrogen (secondary N) is 1. The lowest BCUT2D eigenvalue weighted by Crippen LogP contribution is -2.23. The quantitative estimate of drug-likeness (QED) is 0.804. The standard InChI is InChI=1S/C16H10N2O2/c17-10-12-7-5-11(6-8-12)9-15-16(19)18-13-3-1-2-4-14(13)20-15/h1-9H,(H,18,19)/b15-9-. The van der Waals surface area contributed by atoms with E-state index in [1.807, 2.05) is 18.2 Å². The van der Waals surface area contributed by atoms with Gasteiger partial charge in [0, 0.05) is 0 Å². The molecule has 2 aromatic carbocycles. The fourth-order valence-corrected chi connectivity index (χ4v) is 1.91. The molecule has 1 N–H and O–H groups in total. The highest BCUT2D eigenvalue weighted by atomic mass is 16.5. The van der Waals surface area contributed by atoms with Gasteiger partial charge in [0.1, 0.15) is 0 Å². The largest absolute Gasteiger partial charge is 0.449 e. The van der Waals surface area contributed by atoms with E-state index in [-0.39, 0.29) is 11.7 Å². The molecule has 0 unspecified atom stereocenters. The summed E-state index contributed by atoms with van der Waals surface area (Å²) in [5, 5.41) is 11.5. The highest BCUT2D eigenvalue weighted by Crippen LogP contribution is 2.30. The first-order chi connectivity index (χ1) is 9.76. The molecule has 4 heteroatoms. The lowest BCUT2D eigenvalue weighted by Gasteiger charge is -2.19. The Morgan fingerprint density at radius 1 is 1.10 bits per heavy atom. The lowest BCUT2D eigenvalue weighted by molar-refractivity contribution is -0.115. The lowest BCUT2D eigenvalue weighted by atomic mass is 10.1. The number of hydrogen-bond acceptors (Lipinski definition) is 3. The number of amides is 1. The van der Waals surface area contributed by atoms with Crippen molar-refractivity contribution in [1.29, 1.82) is 5.26 Å². The predicted octanol–water partition coefficient (Wildman–Crippen LogP) is 2.93. The second-order valence-electron chi connectivity index (χ2n) is 4.29. The van der Waals surface area contributed by atoms with E-state index >= 15 is 0 Å². The van der Waals surface area contributed by atoms with Crippen LogP contribution in [0.2, 0.25) is 0 Å². The number of carbonyl (C=O) groups is 1. The minimum atomic E-state index is -0.284. The van der Waals surface area contributed by atoms with Crippen LogP contribution in [-0.2, 0) is 4.79 Å². The Hall–Kier alpha value is -3.06. The third-order valence-electron chi connectivity index (χ3n) is 2.92. The summed E-state index contributed by atoms with van der Waals surface area (Å²) >= 11 is 0. The number of rotatable bonds is 1. The molecule has 0 aliphatic carbocycles. The summed E-state index contributed by atoms with van der Waals surface area (Å²) < 4.78 is 5.59. The van der Waals surface area contributed by atoms with Crippen molar-refractivity contribution in [2.75, 3.05) is 5.32 Å². The van der Waals surface area contributed by atoms with Crippen LogP contribution in [-0.4, -0.2) is 5.91 Å². The van der Waals surface area contributed by atoms with Crippen LogP contribution in [0.25, 0.3) is 6.08 Å². The zero-order valence-corrected chi connectivity index (χ0v) is 10.5. The van der Waals surface area contributed by atoms with Crippen molar-refractivity contribution in [3.63, 3.8) is 0 Å². The van der Waals surface area contributed by atoms with Gasteiger partial charge in [0.25, 0.3) is 5.91 Å². The molecular weight excluding hydrogens is 252 g/mol. The van der Waals surface area contributed by atoms with Crippen LogP contribution in [0, 0.1) is 11.3 Å². The summed E-state index contributed by atoms with van der Waals surface area (Å²) in [6, 6.07) is 16.2. The van der Waals surface area contributed by atoms with Gasteiger partial charge < -0.3 is 10.1 Å². The Bertz CT molecular complexity index is 740. The smallest absolute Gasteiger partial charge is 0.291 e. The van der Waals surface area contributed by atoms with E-state index in [4.69, 9.17) is 10.00 Å². The van der Waals surface area contributed by atoms with Gasteiger partial charge in [-0.1, -0.05) is 24.3 Å². The van der Waals surface area contributed by atoms with Gasteiger partial charge in [-0.2, -0.15) is 5.26 Å². The fraction of sp³-hybridized carbons (Fsp3) is 0. The summed E-state index contributed by atoms with van der Waals surface area (Å²) in [6.45, 7) is 0. The molecule has 0 bridgehead atoms. The molecule has 0 fully saturated rings. The molecule has 0 aromatic heterocycles. The van der Waals surface area contributed by atoms with E-state index in [9.17, 15) is 4.79 Å². The second kappa shape index (κ2) is 4.90. The van der Waals surface area contributed by atoms with E-state index in [1.165, 1.54) is 0 Å². The average Bonchev–Trinajstić information content (AvgIpc) is 2.49. The van der Waals surface area contributed by atoms with Gasteiger partial charge >= 0.3 is 0 Å². The van der Waals surface area contributed by atoms with Crippen LogP contribution in [0.1, 0.15) is 11.1 Å². The Labute approximate surface area is 115 Å². The van der Waals surface area contributed by atoms with Gasteiger partial charge in [0.2, 0.25) is 0 Å². The van der Waals surface area contributed by atoms with Crippen LogP contribution in [0.4, 0.5) is 5.69 Å². The predicted molar refractivity (Wildman–Crippen MR) is 74.8 cm³/mol. The van der Waals surface area contributed by atoms with Gasteiger partial charge in [0.15, 0.2) is 11.5 Å². The van der Waals surface area contributed by atoms with E-state index in [2.05, 4.69) is 5.32 Å². The van der Waals surface area contributed by atoms with Crippen molar-refractivity contribution in [2.24, 2.45) is 0 Å². The van der Waals surface area contributed by atoms with Crippen LogP contribution >= 0.6 is 0 Å². The molecule has 20 heavy (non-hydrogen) atoms. The molecule has 96 valence electrons. The van der Waals surface area contributed by atoms with Gasteiger partial charge in [-0.25, -0.2) is 0 Å². The third kappa shape index (κ3) is 2.25. The Kier molecular flexibility index (Phi) is 2.94. The molecule has 0 atom stereocenters. The Morgan fingerprint density at radius 3 is 2.60 bits per heavy atom.